The van der Waals surface area contributed by atoms with Gasteiger partial charge in [-0.2, -0.15) is 0 Å². The van der Waals surface area contributed by atoms with Crippen LogP contribution in [0.4, 0.5) is 4.39 Å². The summed E-state index contributed by atoms with van der Waals surface area (Å²) >= 11 is 2.57. The molecule has 5 nitrogen and oxygen atoms in total. The molecular formula is C19H20FN3O2S2. The van der Waals surface area contributed by atoms with Gasteiger partial charge in [-0.15, -0.1) is 11.3 Å². The fourth-order valence-corrected chi connectivity index (χ4v) is 4.08. The SMILES string of the molecule is CCC(C)NC(=O)CSc1nc2ccsc2c(=O)n1Cc1ccc(F)cc1. The summed E-state index contributed by atoms with van der Waals surface area (Å²) in [5.74, 6) is -0.243. The Hall–Kier alpha value is -2.19. The van der Waals surface area contributed by atoms with Gasteiger partial charge in [0.1, 0.15) is 10.5 Å². The van der Waals surface area contributed by atoms with E-state index >= 15 is 0 Å². The predicted molar refractivity (Wildman–Crippen MR) is 108 cm³/mol. The van der Waals surface area contributed by atoms with Crippen molar-refractivity contribution in [1.29, 1.82) is 0 Å². The van der Waals surface area contributed by atoms with Crippen molar-refractivity contribution < 1.29 is 9.18 Å². The molecule has 1 N–H and O–H groups in total. The van der Waals surface area contributed by atoms with Gasteiger partial charge in [-0.25, -0.2) is 9.37 Å². The smallest absolute Gasteiger partial charge is 0.272 e. The van der Waals surface area contributed by atoms with Gasteiger partial charge < -0.3 is 5.32 Å². The molecule has 27 heavy (non-hydrogen) atoms. The summed E-state index contributed by atoms with van der Waals surface area (Å²) in [5, 5.41) is 5.21. The van der Waals surface area contributed by atoms with E-state index in [9.17, 15) is 14.0 Å². The molecule has 0 aliphatic carbocycles. The molecule has 0 radical (unpaired) electrons. The standard InChI is InChI=1S/C19H20FN3O2S2/c1-3-12(2)21-16(24)11-27-19-22-15-8-9-26-17(15)18(25)23(19)10-13-4-6-14(20)7-5-13/h4-9,12H,3,10-11H2,1-2H3,(H,21,24). The van der Waals surface area contributed by atoms with Crippen LogP contribution in [0, 0.1) is 5.82 Å². The lowest BCUT2D eigenvalue weighted by atomic mass is 10.2. The number of amides is 1. The summed E-state index contributed by atoms with van der Waals surface area (Å²) in [6.07, 6.45) is 0.852. The van der Waals surface area contributed by atoms with Crippen LogP contribution in [-0.4, -0.2) is 27.3 Å². The third-order valence-corrected chi connectivity index (χ3v) is 6.00. The largest absolute Gasteiger partial charge is 0.353 e. The number of rotatable bonds is 7. The molecule has 0 aliphatic heterocycles. The van der Waals surface area contributed by atoms with E-state index < -0.39 is 0 Å². The van der Waals surface area contributed by atoms with Crippen molar-refractivity contribution in [2.45, 2.75) is 38.0 Å². The molecule has 0 spiro atoms. The van der Waals surface area contributed by atoms with Crippen LogP contribution >= 0.6 is 23.1 Å². The van der Waals surface area contributed by atoms with Gasteiger partial charge in [0.05, 0.1) is 17.8 Å². The van der Waals surface area contributed by atoms with Crippen molar-refractivity contribution >= 4 is 39.2 Å². The number of carbonyl (C=O) groups is 1. The molecule has 1 amide bonds. The molecule has 1 atom stereocenters. The van der Waals surface area contributed by atoms with Crippen LogP contribution < -0.4 is 10.9 Å². The minimum atomic E-state index is -0.325. The quantitative estimate of drug-likeness (QED) is 0.481. The Morgan fingerprint density at radius 2 is 2.07 bits per heavy atom. The molecule has 0 saturated carbocycles. The maximum atomic E-state index is 13.2. The molecule has 3 aromatic rings. The number of halogens is 1. The summed E-state index contributed by atoms with van der Waals surface area (Å²) in [6, 6.07) is 7.92. The normalized spacial score (nSPS) is 12.3. The van der Waals surface area contributed by atoms with E-state index in [2.05, 4.69) is 10.3 Å². The van der Waals surface area contributed by atoms with Crippen LogP contribution in [0.3, 0.4) is 0 Å². The van der Waals surface area contributed by atoms with Gasteiger partial charge in [0, 0.05) is 6.04 Å². The zero-order chi connectivity index (χ0) is 19.4. The first-order valence-corrected chi connectivity index (χ1v) is 10.5. The molecule has 1 unspecified atom stereocenters. The lowest BCUT2D eigenvalue weighted by molar-refractivity contribution is -0.119. The van der Waals surface area contributed by atoms with E-state index in [1.165, 1.54) is 35.2 Å². The number of nitrogens with one attached hydrogen (secondary N) is 1. The van der Waals surface area contributed by atoms with Crippen molar-refractivity contribution in [3.8, 4) is 0 Å². The van der Waals surface area contributed by atoms with Crippen molar-refractivity contribution in [1.82, 2.24) is 14.9 Å². The predicted octanol–water partition coefficient (Wildman–Crippen LogP) is 3.65. The molecule has 0 saturated heterocycles. The fraction of sp³-hybridized carbons (Fsp3) is 0.316. The van der Waals surface area contributed by atoms with Gasteiger partial charge in [-0.05, 0) is 42.5 Å². The highest BCUT2D eigenvalue weighted by molar-refractivity contribution is 7.99. The van der Waals surface area contributed by atoms with Gasteiger partial charge in [0.25, 0.3) is 5.56 Å². The van der Waals surface area contributed by atoms with Crippen LogP contribution in [0.25, 0.3) is 10.2 Å². The third-order valence-electron chi connectivity index (χ3n) is 4.14. The van der Waals surface area contributed by atoms with Crippen molar-refractivity contribution in [2.75, 3.05) is 5.75 Å². The Kier molecular flexibility index (Phi) is 6.28. The third kappa shape index (κ3) is 4.75. The molecule has 2 heterocycles. The van der Waals surface area contributed by atoms with Gasteiger partial charge in [-0.3, -0.25) is 14.2 Å². The van der Waals surface area contributed by atoms with Crippen molar-refractivity contribution in [2.24, 2.45) is 0 Å². The Balaban J connectivity index is 1.89. The van der Waals surface area contributed by atoms with Crippen LogP contribution in [0.2, 0.25) is 0 Å². The highest BCUT2D eigenvalue weighted by Crippen LogP contribution is 2.21. The summed E-state index contributed by atoms with van der Waals surface area (Å²) in [5.41, 5.74) is 1.27. The zero-order valence-corrected chi connectivity index (χ0v) is 16.7. The average Bonchev–Trinajstić information content (AvgIpc) is 3.13. The first-order valence-electron chi connectivity index (χ1n) is 8.62. The first kappa shape index (κ1) is 19.6. The number of nitrogens with zero attached hydrogens (tertiary/aromatic N) is 2. The summed E-state index contributed by atoms with van der Waals surface area (Å²) < 4.78 is 15.3. The second-order valence-corrected chi connectivity index (χ2v) is 8.07. The Morgan fingerprint density at radius 1 is 1.33 bits per heavy atom. The highest BCUT2D eigenvalue weighted by Gasteiger charge is 2.15. The number of benzene rings is 1. The molecular weight excluding hydrogens is 385 g/mol. The van der Waals surface area contributed by atoms with Gasteiger partial charge in [0.2, 0.25) is 5.91 Å². The first-order chi connectivity index (χ1) is 13.0. The number of aromatic nitrogens is 2. The Bertz CT molecular complexity index is 998. The van der Waals surface area contributed by atoms with E-state index in [4.69, 9.17) is 0 Å². The van der Waals surface area contributed by atoms with Gasteiger partial charge in [-0.1, -0.05) is 30.8 Å². The molecule has 8 heteroatoms. The van der Waals surface area contributed by atoms with Crippen LogP contribution in [0.5, 0.6) is 0 Å². The highest BCUT2D eigenvalue weighted by atomic mass is 32.2. The number of hydrogen-bond donors (Lipinski definition) is 1. The molecule has 142 valence electrons. The number of thioether (sulfide) groups is 1. The summed E-state index contributed by atoms with van der Waals surface area (Å²) in [4.78, 5) is 29.6. The van der Waals surface area contributed by atoms with E-state index in [1.54, 1.807) is 22.8 Å². The number of carbonyl (C=O) groups excluding carboxylic acids is 1. The maximum Gasteiger partial charge on any atom is 0.272 e. The maximum absolute atomic E-state index is 13.2. The van der Waals surface area contributed by atoms with Crippen LogP contribution in [-0.2, 0) is 11.3 Å². The number of hydrogen-bond acceptors (Lipinski definition) is 5. The van der Waals surface area contributed by atoms with E-state index in [1.807, 2.05) is 19.2 Å². The number of thiophene rings is 1. The lowest BCUT2D eigenvalue weighted by Crippen LogP contribution is -2.33. The number of fused-ring (bicyclic) bond motifs is 1. The fourth-order valence-electron chi connectivity index (χ4n) is 2.49. The minimum absolute atomic E-state index is 0.0950. The Labute approximate surface area is 164 Å². The van der Waals surface area contributed by atoms with Gasteiger partial charge in [0.15, 0.2) is 5.16 Å². The van der Waals surface area contributed by atoms with E-state index in [0.29, 0.717) is 15.4 Å². The zero-order valence-electron chi connectivity index (χ0n) is 15.1. The monoisotopic (exact) mass is 405 g/mol. The second kappa shape index (κ2) is 8.67. The van der Waals surface area contributed by atoms with E-state index in [-0.39, 0.29) is 35.6 Å². The molecule has 0 aliphatic rings. The molecule has 0 fully saturated rings. The Morgan fingerprint density at radius 3 is 2.78 bits per heavy atom. The topological polar surface area (TPSA) is 64.0 Å². The van der Waals surface area contributed by atoms with E-state index in [0.717, 1.165) is 12.0 Å². The molecule has 1 aromatic carbocycles. The van der Waals surface area contributed by atoms with Crippen LogP contribution in [0.15, 0.2) is 45.7 Å². The molecule has 2 aromatic heterocycles. The summed E-state index contributed by atoms with van der Waals surface area (Å²) in [7, 11) is 0. The van der Waals surface area contributed by atoms with Crippen LogP contribution in [0.1, 0.15) is 25.8 Å². The molecule has 0 bridgehead atoms. The van der Waals surface area contributed by atoms with Crippen molar-refractivity contribution in [3.63, 3.8) is 0 Å². The lowest BCUT2D eigenvalue weighted by Gasteiger charge is -2.14. The minimum Gasteiger partial charge on any atom is -0.353 e. The molecule has 3 rings (SSSR count). The average molecular weight is 406 g/mol. The van der Waals surface area contributed by atoms with Crippen molar-refractivity contribution in [3.05, 3.63) is 57.4 Å². The second-order valence-electron chi connectivity index (χ2n) is 6.21. The van der Waals surface area contributed by atoms with Gasteiger partial charge >= 0.3 is 0 Å². The summed E-state index contributed by atoms with van der Waals surface area (Å²) in [6.45, 7) is 4.22.